The Morgan fingerprint density at radius 3 is 1.56 bits per heavy atom. The molecular formula is C30H29BO. The van der Waals surface area contributed by atoms with Gasteiger partial charge in [0.25, 0.3) is 0 Å². The van der Waals surface area contributed by atoms with Crippen molar-refractivity contribution < 1.29 is 4.28 Å². The van der Waals surface area contributed by atoms with Crippen LogP contribution in [0.2, 0.25) is 0 Å². The second-order valence-corrected chi connectivity index (χ2v) is 9.17. The van der Waals surface area contributed by atoms with Crippen molar-refractivity contribution >= 4 is 28.8 Å². The van der Waals surface area contributed by atoms with E-state index in [4.69, 9.17) is 0 Å². The highest BCUT2D eigenvalue weighted by atomic mass is 16.6. The van der Waals surface area contributed by atoms with Gasteiger partial charge in [-0.2, -0.15) is 0 Å². The van der Waals surface area contributed by atoms with Crippen molar-refractivity contribution in [3.05, 3.63) is 125 Å². The van der Waals surface area contributed by atoms with Crippen LogP contribution in [0.25, 0.3) is 11.5 Å². The van der Waals surface area contributed by atoms with Crippen LogP contribution in [0.4, 0.5) is 0 Å². The van der Waals surface area contributed by atoms with E-state index in [1.165, 1.54) is 50.0 Å². The van der Waals surface area contributed by atoms with E-state index < -0.39 is 6.35 Å². The van der Waals surface area contributed by atoms with Gasteiger partial charge in [0.1, 0.15) is 7.11 Å². The van der Waals surface area contributed by atoms with E-state index in [0.717, 1.165) is 0 Å². The first kappa shape index (κ1) is 20.4. The lowest BCUT2D eigenvalue weighted by Gasteiger charge is -2.54. The average molecular weight is 416 g/mol. The Morgan fingerprint density at radius 1 is 0.562 bits per heavy atom. The molecule has 1 aliphatic rings. The molecule has 32 heavy (non-hydrogen) atoms. The predicted molar refractivity (Wildman–Crippen MR) is 139 cm³/mol. The Hall–Kier alpha value is -3.52. The van der Waals surface area contributed by atoms with Crippen LogP contribution < -0.4 is 10.9 Å². The molecule has 0 saturated carbocycles. The van der Waals surface area contributed by atoms with Gasteiger partial charge in [-0.25, -0.2) is 0 Å². The van der Waals surface area contributed by atoms with E-state index in [1.807, 2.05) is 0 Å². The van der Waals surface area contributed by atoms with Crippen molar-refractivity contribution in [2.45, 2.75) is 20.8 Å². The number of rotatable bonds is 3. The number of benzene rings is 4. The van der Waals surface area contributed by atoms with Gasteiger partial charge in [0, 0.05) is 6.07 Å². The van der Waals surface area contributed by atoms with E-state index in [2.05, 4.69) is 135 Å². The standard InChI is InChI=1S/C30H29BO/c1-22-9-15-25(16-10-22)29-21-26-7-5-6-8-30(26)32(4)31(29,27-17-11-23(2)12-18-27)28-19-13-24(3)14-20-28/h5-21H,1-4H3. The fourth-order valence-corrected chi connectivity index (χ4v) is 5.26. The smallest absolute Gasteiger partial charge is 0.414 e. The van der Waals surface area contributed by atoms with Crippen LogP contribution in [0.1, 0.15) is 27.8 Å². The van der Waals surface area contributed by atoms with Gasteiger partial charge >= 0.3 is 6.35 Å². The number of para-hydroxylation sites is 1. The number of hydrogen-bond acceptors (Lipinski definition) is 0. The second kappa shape index (κ2) is 7.87. The summed E-state index contributed by atoms with van der Waals surface area (Å²) in [5.41, 5.74) is 10.2. The van der Waals surface area contributed by atoms with Crippen molar-refractivity contribution in [2.75, 3.05) is 7.11 Å². The third-order valence-electron chi connectivity index (χ3n) is 7.02. The van der Waals surface area contributed by atoms with E-state index in [9.17, 15) is 0 Å². The van der Waals surface area contributed by atoms with Crippen LogP contribution in [0.5, 0.6) is 5.75 Å². The first-order valence-corrected chi connectivity index (χ1v) is 11.3. The molecule has 1 aliphatic heterocycles. The SMILES string of the molecule is Cc1ccc(C2=Cc3ccccc3[O+](C)[B-]2(c2ccc(C)cc2)c2ccc(C)cc2)cc1. The highest BCUT2D eigenvalue weighted by molar-refractivity contribution is 7.12. The van der Waals surface area contributed by atoms with Gasteiger partial charge in [0.05, 0.1) is 5.56 Å². The van der Waals surface area contributed by atoms with Crippen LogP contribution in [-0.4, -0.2) is 13.5 Å². The van der Waals surface area contributed by atoms with Crippen LogP contribution in [0.3, 0.4) is 0 Å². The first-order valence-electron chi connectivity index (χ1n) is 11.3. The molecule has 0 N–H and O–H groups in total. The summed E-state index contributed by atoms with van der Waals surface area (Å²) in [6.45, 7) is 6.45. The minimum Gasteiger partial charge on any atom is -0.810 e. The molecule has 0 fully saturated rings. The highest BCUT2D eigenvalue weighted by Crippen LogP contribution is 2.45. The summed E-state index contributed by atoms with van der Waals surface area (Å²) in [6.07, 6.45) is 0.933. The lowest BCUT2D eigenvalue weighted by molar-refractivity contribution is 0.174. The van der Waals surface area contributed by atoms with Crippen LogP contribution >= 0.6 is 0 Å². The molecule has 0 unspecified atom stereocenters. The number of hydrogen-bond donors (Lipinski definition) is 0. The average Bonchev–Trinajstić information content (AvgIpc) is 2.81. The highest BCUT2D eigenvalue weighted by Gasteiger charge is 2.49. The van der Waals surface area contributed by atoms with Gasteiger partial charge < -0.3 is 4.28 Å². The zero-order chi connectivity index (χ0) is 22.3. The van der Waals surface area contributed by atoms with E-state index in [1.54, 1.807) is 0 Å². The van der Waals surface area contributed by atoms with Crippen molar-refractivity contribution in [1.29, 1.82) is 0 Å². The van der Waals surface area contributed by atoms with Gasteiger partial charge in [-0.3, -0.25) is 0 Å². The Bertz CT molecular complexity index is 1240. The summed E-state index contributed by atoms with van der Waals surface area (Å²) in [6, 6.07) is 35.7. The Balaban J connectivity index is 1.90. The molecule has 0 aromatic heterocycles. The molecule has 5 rings (SSSR count). The predicted octanol–water partition coefficient (Wildman–Crippen LogP) is 6.36. The molecule has 0 saturated heterocycles. The molecule has 0 amide bonds. The molecule has 0 atom stereocenters. The maximum atomic E-state index is 3.62. The fourth-order valence-electron chi connectivity index (χ4n) is 5.26. The van der Waals surface area contributed by atoms with Gasteiger partial charge in [0.2, 0.25) is 5.75 Å². The zero-order valence-corrected chi connectivity index (χ0v) is 19.3. The van der Waals surface area contributed by atoms with Crippen molar-refractivity contribution in [3.8, 4) is 5.75 Å². The largest absolute Gasteiger partial charge is 0.810 e. The quantitative estimate of drug-likeness (QED) is 0.270. The summed E-state index contributed by atoms with van der Waals surface area (Å²) in [5.74, 6) is 1.18. The fraction of sp³-hybridized carbons (Fsp3) is 0.133. The molecule has 0 bridgehead atoms. The topological polar surface area (TPSA) is 2.70 Å². The number of fused-ring (bicyclic) bond motifs is 1. The summed E-state index contributed by atoms with van der Waals surface area (Å²) in [5, 5.41) is 0. The molecule has 0 spiro atoms. The molecule has 2 heteroatoms. The Morgan fingerprint density at radius 2 is 1.03 bits per heavy atom. The minimum atomic E-state index is -1.46. The van der Waals surface area contributed by atoms with E-state index in [-0.39, 0.29) is 0 Å². The molecule has 4 aromatic rings. The number of aryl methyl sites for hydroxylation is 3. The summed E-state index contributed by atoms with van der Waals surface area (Å²) >= 11 is 0. The molecular weight excluding hydrogens is 387 g/mol. The minimum absolute atomic E-state index is 1.18. The first-order chi connectivity index (χ1) is 15.5. The molecule has 158 valence electrons. The summed E-state index contributed by atoms with van der Waals surface area (Å²) < 4.78 is 3.62. The van der Waals surface area contributed by atoms with Crippen LogP contribution in [-0.2, 0) is 4.28 Å². The second-order valence-electron chi connectivity index (χ2n) is 9.17. The molecule has 1 heterocycles. The van der Waals surface area contributed by atoms with Gasteiger partial charge in [-0.05, 0) is 26.8 Å². The molecule has 4 aromatic carbocycles. The summed E-state index contributed by atoms with van der Waals surface area (Å²) in [4.78, 5) is 0. The zero-order valence-electron chi connectivity index (χ0n) is 19.3. The third-order valence-corrected chi connectivity index (χ3v) is 7.02. The lowest BCUT2D eigenvalue weighted by Crippen LogP contribution is -2.65. The Kier molecular flexibility index (Phi) is 5.02. The van der Waals surface area contributed by atoms with Crippen molar-refractivity contribution in [2.24, 2.45) is 0 Å². The Labute approximate surface area is 191 Å². The van der Waals surface area contributed by atoms with Gasteiger partial charge in [-0.1, -0.05) is 119 Å². The molecule has 1 nitrogen and oxygen atoms in total. The van der Waals surface area contributed by atoms with Crippen LogP contribution in [0.15, 0.2) is 97.1 Å². The van der Waals surface area contributed by atoms with E-state index >= 15 is 0 Å². The van der Waals surface area contributed by atoms with Crippen molar-refractivity contribution in [3.63, 3.8) is 0 Å². The molecule has 0 radical (unpaired) electrons. The summed E-state index contributed by atoms with van der Waals surface area (Å²) in [7, 11) is 2.18. The maximum Gasteiger partial charge on any atom is 0.414 e. The van der Waals surface area contributed by atoms with Crippen LogP contribution in [0, 0.1) is 20.8 Å². The normalized spacial score (nSPS) is 14.6. The molecule has 0 aliphatic carbocycles. The lowest BCUT2D eigenvalue weighted by atomic mass is 9.25. The van der Waals surface area contributed by atoms with E-state index in [0.29, 0.717) is 0 Å². The third kappa shape index (κ3) is 3.19. The maximum absolute atomic E-state index is 3.62. The van der Waals surface area contributed by atoms with Crippen molar-refractivity contribution in [1.82, 2.24) is 0 Å². The van der Waals surface area contributed by atoms with Gasteiger partial charge in [-0.15, -0.1) is 10.9 Å². The van der Waals surface area contributed by atoms with Gasteiger partial charge in [0.15, 0.2) is 0 Å². The monoisotopic (exact) mass is 416 g/mol.